The number of nitrogens with zero attached hydrogens (tertiary/aromatic N) is 1. The van der Waals surface area contributed by atoms with Crippen LogP contribution in [0.5, 0.6) is 0 Å². The molecule has 0 heterocycles. The van der Waals surface area contributed by atoms with Gasteiger partial charge in [-0.3, -0.25) is 4.99 Å². The predicted molar refractivity (Wildman–Crippen MR) is 72.6 cm³/mol. The van der Waals surface area contributed by atoms with Crippen LogP contribution in [-0.2, 0) is 6.54 Å². The average molecular weight is 284 g/mol. The van der Waals surface area contributed by atoms with E-state index >= 15 is 0 Å². The van der Waals surface area contributed by atoms with Crippen molar-refractivity contribution in [3.63, 3.8) is 0 Å². The first kappa shape index (κ1) is 13.0. The second kappa shape index (κ2) is 6.53. The summed E-state index contributed by atoms with van der Waals surface area (Å²) in [6, 6.07) is 8.63. The number of rotatable bonds is 3. The van der Waals surface area contributed by atoms with E-state index in [0.29, 0.717) is 6.04 Å². The Bertz CT molecular complexity index is 344. The summed E-state index contributed by atoms with van der Waals surface area (Å²) in [7, 11) is 1.78. The van der Waals surface area contributed by atoms with Gasteiger partial charge in [-0.25, -0.2) is 0 Å². The van der Waals surface area contributed by atoms with Crippen LogP contribution in [0.4, 0.5) is 0 Å². The summed E-state index contributed by atoms with van der Waals surface area (Å²) >= 11 is 3.42. The molecule has 2 N–H and O–H groups in total. The number of hydrogen-bond acceptors (Lipinski definition) is 1. The zero-order valence-corrected chi connectivity index (χ0v) is 11.5. The van der Waals surface area contributed by atoms with Gasteiger partial charge in [0.1, 0.15) is 0 Å². The Balaban J connectivity index is 2.47. The molecule has 1 aromatic rings. The van der Waals surface area contributed by atoms with E-state index in [-0.39, 0.29) is 0 Å². The molecule has 0 aliphatic heterocycles. The van der Waals surface area contributed by atoms with Crippen LogP contribution >= 0.6 is 15.9 Å². The smallest absolute Gasteiger partial charge is 0.191 e. The average Bonchev–Trinajstić information content (AvgIpc) is 2.26. The summed E-state index contributed by atoms with van der Waals surface area (Å²) in [6.07, 6.45) is 0. The van der Waals surface area contributed by atoms with Crippen molar-refractivity contribution in [1.29, 1.82) is 0 Å². The number of nitrogens with one attached hydrogen (secondary N) is 2. The van der Waals surface area contributed by atoms with Crippen molar-refractivity contribution in [1.82, 2.24) is 10.6 Å². The zero-order valence-electron chi connectivity index (χ0n) is 9.92. The van der Waals surface area contributed by atoms with Crippen molar-refractivity contribution in [2.24, 2.45) is 4.99 Å². The highest BCUT2D eigenvalue weighted by Gasteiger charge is 1.99. The van der Waals surface area contributed by atoms with Gasteiger partial charge in [0.05, 0.1) is 0 Å². The van der Waals surface area contributed by atoms with Crippen LogP contribution in [0.1, 0.15) is 19.4 Å². The van der Waals surface area contributed by atoms with Gasteiger partial charge in [0.2, 0.25) is 0 Å². The van der Waals surface area contributed by atoms with Gasteiger partial charge in [-0.2, -0.15) is 0 Å². The monoisotopic (exact) mass is 283 g/mol. The summed E-state index contributed by atoms with van der Waals surface area (Å²) < 4.78 is 1.10. The van der Waals surface area contributed by atoms with Crippen LogP contribution in [0, 0.1) is 0 Å². The van der Waals surface area contributed by atoms with Gasteiger partial charge < -0.3 is 10.6 Å². The molecule has 88 valence electrons. The van der Waals surface area contributed by atoms with Crippen molar-refractivity contribution in [3.8, 4) is 0 Å². The van der Waals surface area contributed by atoms with Crippen molar-refractivity contribution >= 4 is 21.9 Å². The molecule has 16 heavy (non-hydrogen) atoms. The third-order valence-electron chi connectivity index (χ3n) is 2.02. The molecule has 1 aromatic carbocycles. The van der Waals surface area contributed by atoms with Gasteiger partial charge in [-0.1, -0.05) is 28.1 Å². The molecule has 0 amide bonds. The van der Waals surface area contributed by atoms with E-state index in [1.807, 2.05) is 12.1 Å². The fraction of sp³-hybridized carbons (Fsp3) is 0.417. The molecule has 0 radical (unpaired) electrons. The van der Waals surface area contributed by atoms with Crippen LogP contribution in [0.3, 0.4) is 0 Å². The Morgan fingerprint density at radius 3 is 2.44 bits per heavy atom. The fourth-order valence-corrected chi connectivity index (χ4v) is 1.52. The van der Waals surface area contributed by atoms with E-state index in [1.165, 1.54) is 5.56 Å². The van der Waals surface area contributed by atoms with E-state index < -0.39 is 0 Å². The topological polar surface area (TPSA) is 36.4 Å². The Morgan fingerprint density at radius 1 is 1.31 bits per heavy atom. The Hall–Kier alpha value is -1.03. The van der Waals surface area contributed by atoms with Crippen LogP contribution in [0.2, 0.25) is 0 Å². The molecule has 3 nitrogen and oxygen atoms in total. The number of halogens is 1. The number of aliphatic imine (C=N–C) groups is 1. The summed E-state index contributed by atoms with van der Waals surface area (Å²) in [5.41, 5.74) is 1.23. The minimum atomic E-state index is 0.385. The van der Waals surface area contributed by atoms with E-state index in [4.69, 9.17) is 0 Å². The third kappa shape index (κ3) is 4.66. The normalized spacial score (nSPS) is 11.7. The van der Waals surface area contributed by atoms with Gasteiger partial charge in [-0.05, 0) is 31.5 Å². The van der Waals surface area contributed by atoms with E-state index in [2.05, 4.69) is 57.5 Å². The highest BCUT2D eigenvalue weighted by molar-refractivity contribution is 9.10. The first-order valence-corrected chi connectivity index (χ1v) is 6.12. The quantitative estimate of drug-likeness (QED) is 0.661. The molecule has 0 unspecified atom stereocenters. The van der Waals surface area contributed by atoms with Gasteiger partial charge >= 0.3 is 0 Å². The Morgan fingerprint density at radius 2 is 1.94 bits per heavy atom. The molecule has 0 aromatic heterocycles. The molecular formula is C12H18BrN3. The van der Waals surface area contributed by atoms with Gasteiger partial charge in [0.15, 0.2) is 5.96 Å². The highest BCUT2D eigenvalue weighted by Crippen LogP contribution is 2.10. The highest BCUT2D eigenvalue weighted by atomic mass is 79.9. The predicted octanol–water partition coefficient (Wildman–Crippen LogP) is 2.52. The molecule has 1 rings (SSSR count). The lowest BCUT2D eigenvalue weighted by atomic mass is 10.2. The molecule has 4 heteroatoms. The second-order valence-corrected chi connectivity index (χ2v) is 4.77. The fourth-order valence-electron chi connectivity index (χ4n) is 1.26. The molecule has 0 saturated carbocycles. The van der Waals surface area contributed by atoms with E-state index in [1.54, 1.807) is 7.05 Å². The first-order valence-electron chi connectivity index (χ1n) is 5.33. The Kier molecular flexibility index (Phi) is 5.32. The second-order valence-electron chi connectivity index (χ2n) is 3.85. The van der Waals surface area contributed by atoms with Crippen LogP contribution in [-0.4, -0.2) is 19.0 Å². The molecule has 0 atom stereocenters. The largest absolute Gasteiger partial charge is 0.354 e. The van der Waals surface area contributed by atoms with Gasteiger partial charge in [0, 0.05) is 24.1 Å². The zero-order chi connectivity index (χ0) is 12.0. The Labute approximate surface area is 105 Å². The van der Waals surface area contributed by atoms with Crippen LogP contribution in [0.25, 0.3) is 0 Å². The minimum absolute atomic E-state index is 0.385. The molecular weight excluding hydrogens is 266 g/mol. The maximum Gasteiger partial charge on any atom is 0.191 e. The molecule has 0 bridgehead atoms. The maximum absolute atomic E-state index is 4.15. The van der Waals surface area contributed by atoms with Crippen molar-refractivity contribution < 1.29 is 0 Å². The van der Waals surface area contributed by atoms with Gasteiger partial charge in [0.25, 0.3) is 0 Å². The lowest BCUT2D eigenvalue weighted by molar-refractivity contribution is 0.699. The lowest BCUT2D eigenvalue weighted by Crippen LogP contribution is -2.40. The minimum Gasteiger partial charge on any atom is -0.354 e. The van der Waals surface area contributed by atoms with E-state index in [9.17, 15) is 0 Å². The van der Waals surface area contributed by atoms with Crippen molar-refractivity contribution in [2.45, 2.75) is 26.4 Å². The molecule has 0 spiro atoms. The number of hydrogen-bond donors (Lipinski definition) is 2. The summed E-state index contributed by atoms with van der Waals surface area (Å²) in [5, 5.41) is 6.50. The summed E-state index contributed by atoms with van der Waals surface area (Å²) in [5.74, 6) is 0.831. The summed E-state index contributed by atoms with van der Waals surface area (Å²) in [6.45, 7) is 4.96. The summed E-state index contributed by atoms with van der Waals surface area (Å²) in [4.78, 5) is 4.15. The molecule has 0 fully saturated rings. The number of guanidine groups is 1. The maximum atomic E-state index is 4.15. The van der Waals surface area contributed by atoms with Crippen molar-refractivity contribution in [2.75, 3.05) is 7.05 Å². The van der Waals surface area contributed by atoms with E-state index in [0.717, 1.165) is 17.0 Å². The van der Waals surface area contributed by atoms with Crippen LogP contribution in [0.15, 0.2) is 33.7 Å². The number of benzene rings is 1. The van der Waals surface area contributed by atoms with Gasteiger partial charge in [-0.15, -0.1) is 0 Å². The molecule has 0 saturated heterocycles. The molecule has 0 aliphatic carbocycles. The third-order valence-corrected chi connectivity index (χ3v) is 2.55. The van der Waals surface area contributed by atoms with Crippen molar-refractivity contribution in [3.05, 3.63) is 34.3 Å². The SMILES string of the molecule is CN=C(NCc1ccc(Br)cc1)NC(C)C. The lowest BCUT2D eigenvalue weighted by Gasteiger charge is -2.14. The first-order chi connectivity index (χ1) is 7.61. The standard InChI is InChI=1S/C12H18BrN3/c1-9(2)16-12(14-3)15-8-10-4-6-11(13)7-5-10/h4-7,9H,8H2,1-3H3,(H2,14,15,16). The van der Waals surface area contributed by atoms with Crippen LogP contribution < -0.4 is 10.6 Å². The molecule has 0 aliphatic rings.